The third-order valence-corrected chi connectivity index (χ3v) is 7.07. The van der Waals surface area contributed by atoms with Crippen molar-refractivity contribution in [3.05, 3.63) is 29.8 Å². The number of benzene rings is 1. The van der Waals surface area contributed by atoms with Crippen molar-refractivity contribution in [3.63, 3.8) is 0 Å². The van der Waals surface area contributed by atoms with Gasteiger partial charge in [-0.1, -0.05) is 26.0 Å². The fraction of sp³-hybridized carbons (Fsp3) is 0.760. The molecule has 2 atom stereocenters. The second-order valence-electron chi connectivity index (χ2n) is 9.94. The molecule has 3 aliphatic heterocycles. The van der Waals surface area contributed by atoms with Gasteiger partial charge in [-0.3, -0.25) is 4.84 Å². The van der Waals surface area contributed by atoms with Crippen molar-refractivity contribution < 1.29 is 23.8 Å². The van der Waals surface area contributed by atoms with Crippen LogP contribution in [0.2, 0.25) is 0 Å². The first kappa shape index (κ1) is 23.0. The fourth-order valence-electron chi connectivity index (χ4n) is 5.28. The Kier molecular flexibility index (Phi) is 6.67. The van der Waals surface area contributed by atoms with Crippen LogP contribution in [-0.4, -0.2) is 54.5 Å². The molecule has 3 aliphatic rings. The normalized spacial score (nSPS) is 27.7. The lowest BCUT2D eigenvalue weighted by Crippen LogP contribution is -2.68. The van der Waals surface area contributed by atoms with Crippen molar-refractivity contribution in [2.24, 2.45) is 0 Å². The van der Waals surface area contributed by atoms with Crippen molar-refractivity contribution in [1.82, 2.24) is 5.06 Å². The summed E-state index contributed by atoms with van der Waals surface area (Å²) in [7, 11) is 0. The highest BCUT2D eigenvalue weighted by Gasteiger charge is 2.58. The second-order valence-corrected chi connectivity index (χ2v) is 9.94. The van der Waals surface area contributed by atoms with Crippen LogP contribution in [0.1, 0.15) is 78.4 Å². The Morgan fingerprint density at radius 1 is 1.06 bits per heavy atom. The molecule has 3 saturated heterocycles. The molecule has 0 saturated carbocycles. The van der Waals surface area contributed by atoms with Gasteiger partial charge in [0.15, 0.2) is 5.79 Å². The zero-order valence-electron chi connectivity index (χ0n) is 19.8. The summed E-state index contributed by atoms with van der Waals surface area (Å²) in [4.78, 5) is 6.73. The van der Waals surface area contributed by atoms with E-state index >= 15 is 0 Å². The fourth-order valence-corrected chi connectivity index (χ4v) is 5.28. The van der Waals surface area contributed by atoms with Gasteiger partial charge in [0.2, 0.25) is 0 Å². The number of hydrogen-bond acceptors (Lipinski definition) is 6. The van der Waals surface area contributed by atoms with Crippen LogP contribution in [0.25, 0.3) is 0 Å². The van der Waals surface area contributed by atoms with Crippen LogP contribution in [-0.2, 0) is 19.0 Å². The minimum Gasteiger partial charge on any atom is -0.491 e. The first-order valence-electron chi connectivity index (χ1n) is 11.9. The SMILES string of the molecule is CCC1(CC)CC2(CC(C)(C)N1OC(C)c1ccc(OCC3CO3)cc1)OCCCO2. The lowest BCUT2D eigenvalue weighted by molar-refractivity contribution is -0.383. The van der Waals surface area contributed by atoms with Crippen LogP contribution >= 0.6 is 0 Å². The number of ether oxygens (including phenoxy) is 4. The molecule has 0 aromatic heterocycles. The molecule has 0 radical (unpaired) electrons. The number of hydroxylamine groups is 2. The highest BCUT2D eigenvalue weighted by Crippen LogP contribution is 2.50. The van der Waals surface area contributed by atoms with Crippen LogP contribution in [0.15, 0.2) is 24.3 Å². The second kappa shape index (κ2) is 8.99. The number of rotatable bonds is 8. The Balaban J connectivity index is 1.49. The number of epoxide rings is 1. The Morgan fingerprint density at radius 3 is 2.29 bits per heavy atom. The van der Waals surface area contributed by atoms with Gasteiger partial charge >= 0.3 is 0 Å². The predicted octanol–water partition coefficient (Wildman–Crippen LogP) is 5.02. The van der Waals surface area contributed by atoms with Gasteiger partial charge in [-0.15, -0.1) is 0 Å². The van der Waals surface area contributed by atoms with E-state index < -0.39 is 5.79 Å². The summed E-state index contributed by atoms with van der Waals surface area (Å²) in [6.45, 7) is 14.1. The highest BCUT2D eigenvalue weighted by atomic mass is 16.7. The molecule has 0 bridgehead atoms. The van der Waals surface area contributed by atoms with E-state index in [4.69, 9.17) is 23.8 Å². The molecule has 3 heterocycles. The lowest BCUT2D eigenvalue weighted by atomic mass is 9.73. The molecule has 0 N–H and O–H groups in total. The molecule has 1 spiro atoms. The summed E-state index contributed by atoms with van der Waals surface area (Å²) in [5, 5.41) is 2.27. The maximum absolute atomic E-state index is 6.73. The molecule has 6 heteroatoms. The van der Waals surface area contributed by atoms with Gasteiger partial charge in [0.1, 0.15) is 24.6 Å². The third kappa shape index (κ3) is 4.93. The third-order valence-electron chi connectivity index (χ3n) is 7.07. The quantitative estimate of drug-likeness (QED) is 0.537. The number of nitrogens with zero attached hydrogens (tertiary/aromatic N) is 1. The summed E-state index contributed by atoms with van der Waals surface area (Å²) in [6.07, 6.45) is 4.75. The van der Waals surface area contributed by atoms with E-state index in [0.29, 0.717) is 6.61 Å². The maximum Gasteiger partial charge on any atom is 0.171 e. The average Bonchev–Trinajstić information content (AvgIpc) is 3.59. The molecule has 3 fully saturated rings. The Morgan fingerprint density at radius 2 is 1.71 bits per heavy atom. The predicted molar refractivity (Wildman–Crippen MR) is 119 cm³/mol. The van der Waals surface area contributed by atoms with E-state index in [2.05, 4.69) is 51.8 Å². The minimum atomic E-state index is -0.499. The molecule has 0 aliphatic carbocycles. The Hall–Kier alpha value is -1.18. The molecule has 174 valence electrons. The van der Waals surface area contributed by atoms with Crippen molar-refractivity contribution in [2.75, 3.05) is 26.4 Å². The lowest BCUT2D eigenvalue weighted by Gasteiger charge is -2.60. The van der Waals surface area contributed by atoms with E-state index in [1.54, 1.807) is 0 Å². The Labute approximate surface area is 187 Å². The summed E-state index contributed by atoms with van der Waals surface area (Å²) in [5.41, 5.74) is 0.779. The van der Waals surface area contributed by atoms with Crippen LogP contribution in [0.4, 0.5) is 0 Å². The van der Waals surface area contributed by atoms with Gasteiger partial charge in [0.25, 0.3) is 0 Å². The molecular weight excluding hydrogens is 394 g/mol. The summed E-state index contributed by atoms with van der Waals surface area (Å²) < 4.78 is 23.5. The highest BCUT2D eigenvalue weighted by molar-refractivity contribution is 5.28. The van der Waals surface area contributed by atoms with E-state index in [0.717, 1.165) is 63.2 Å². The van der Waals surface area contributed by atoms with Crippen molar-refractivity contribution in [1.29, 1.82) is 0 Å². The van der Waals surface area contributed by atoms with E-state index in [1.165, 1.54) is 0 Å². The van der Waals surface area contributed by atoms with Crippen LogP contribution in [0.3, 0.4) is 0 Å². The molecule has 6 nitrogen and oxygen atoms in total. The summed E-state index contributed by atoms with van der Waals surface area (Å²) >= 11 is 0. The standard InChI is InChI=1S/C25H39NO5/c1-6-24(7-2)18-25(29-13-8-14-30-25)17-23(4,5)26(24)31-19(3)20-9-11-21(12-10-20)27-15-22-16-28-22/h9-12,19,22H,6-8,13-18H2,1-5H3. The van der Waals surface area contributed by atoms with Crippen molar-refractivity contribution in [2.45, 2.75) is 95.8 Å². The molecule has 31 heavy (non-hydrogen) atoms. The van der Waals surface area contributed by atoms with E-state index in [9.17, 15) is 0 Å². The average molecular weight is 434 g/mol. The number of hydrogen-bond donors (Lipinski definition) is 0. The number of piperidine rings is 1. The zero-order valence-corrected chi connectivity index (χ0v) is 19.8. The van der Waals surface area contributed by atoms with Gasteiger partial charge in [-0.05, 0) is 57.7 Å². The monoisotopic (exact) mass is 433 g/mol. The molecule has 2 unspecified atom stereocenters. The van der Waals surface area contributed by atoms with Crippen LogP contribution in [0, 0.1) is 0 Å². The smallest absolute Gasteiger partial charge is 0.171 e. The van der Waals surface area contributed by atoms with Gasteiger partial charge in [-0.25, -0.2) is 0 Å². The van der Waals surface area contributed by atoms with E-state index in [1.807, 2.05) is 12.1 Å². The molecule has 1 aromatic carbocycles. The van der Waals surface area contributed by atoms with Gasteiger partial charge < -0.3 is 18.9 Å². The van der Waals surface area contributed by atoms with Crippen LogP contribution < -0.4 is 4.74 Å². The minimum absolute atomic E-state index is 0.0696. The molecule has 0 amide bonds. The topological polar surface area (TPSA) is 52.7 Å². The van der Waals surface area contributed by atoms with Crippen molar-refractivity contribution in [3.8, 4) is 5.75 Å². The molecule has 1 aromatic rings. The van der Waals surface area contributed by atoms with Crippen LogP contribution in [0.5, 0.6) is 5.75 Å². The van der Waals surface area contributed by atoms with Gasteiger partial charge in [0.05, 0.1) is 25.4 Å². The summed E-state index contributed by atoms with van der Waals surface area (Å²) in [6, 6.07) is 8.23. The first-order chi connectivity index (χ1) is 14.8. The molecular formula is C25H39NO5. The zero-order chi connectivity index (χ0) is 22.1. The maximum atomic E-state index is 6.73. The van der Waals surface area contributed by atoms with Gasteiger partial charge in [0, 0.05) is 18.4 Å². The largest absolute Gasteiger partial charge is 0.491 e. The van der Waals surface area contributed by atoms with Crippen molar-refractivity contribution >= 4 is 0 Å². The summed E-state index contributed by atoms with van der Waals surface area (Å²) in [5.74, 6) is 0.371. The van der Waals surface area contributed by atoms with Gasteiger partial charge in [-0.2, -0.15) is 5.06 Å². The molecule has 4 rings (SSSR count). The Bertz CT molecular complexity index is 720. The van der Waals surface area contributed by atoms with E-state index in [-0.39, 0.29) is 23.3 Å². The first-order valence-corrected chi connectivity index (χ1v) is 11.9.